The maximum atomic E-state index is 6.02. The molecule has 84 valence electrons. The summed E-state index contributed by atoms with van der Waals surface area (Å²) in [5.41, 5.74) is 0. The van der Waals surface area contributed by atoms with Crippen molar-refractivity contribution < 1.29 is 0 Å². The minimum absolute atomic E-state index is 0.526. The quantitative estimate of drug-likeness (QED) is 0.739. The lowest BCUT2D eigenvalue weighted by Gasteiger charge is -2.18. The molecule has 1 unspecified atom stereocenters. The molecular formula is C10H17ClN4. The molecule has 1 heterocycles. The topological polar surface area (TPSA) is 43.6 Å². The number of aromatic nitrogens is 4. The molecule has 2 rings (SSSR count). The molecule has 0 aromatic carbocycles. The number of aryl methyl sites for hydroxylation is 1. The highest BCUT2D eigenvalue weighted by atomic mass is 35.5. The van der Waals surface area contributed by atoms with Crippen LogP contribution in [0.4, 0.5) is 0 Å². The summed E-state index contributed by atoms with van der Waals surface area (Å²) in [4.78, 5) is 1.51. The first kappa shape index (κ1) is 10.9. The summed E-state index contributed by atoms with van der Waals surface area (Å²) < 4.78 is 0. The van der Waals surface area contributed by atoms with Crippen LogP contribution in [0.25, 0.3) is 0 Å². The van der Waals surface area contributed by atoms with Gasteiger partial charge in [0.1, 0.15) is 0 Å². The molecule has 4 nitrogen and oxygen atoms in total. The van der Waals surface area contributed by atoms with Crippen LogP contribution < -0.4 is 0 Å². The molecular weight excluding hydrogens is 212 g/mol. The zero-order valence-corrected chi connectivity index (χ0v) is 9.82. The summed E-state index contributed by atoms with van der Waals surface area (Å²) in [6.07, 6.45) is 6.22. The van der Waals surface area contributed by atoms with Gasteiger partial charge in [0, 0.05) is 12.3 Å². The molecule has 15 heavy (non-hydrogen) atoms. The maximum absolute atomic E-state index is 6.02. The highest BCUT2D eigenvalue weighted by Crippen LogP contribution is 2.33. The number of alkyl halides is 1. The van der Waals surface area contributed by atoms with Crippen molar-refractivity contribution in [3.8, 4) is 0 Å². The Labute approximate surface area is 95.0 Å². The lowest BCUT2D eigenvalue weighted by molar-refractivity contribution is 0.363. The predicted molar refractivity (Wildman–Crippen MR) is 58.7 cm³/mol. The number of halogens is 1. The smallest absolute Gasteiger partial charge is 0.167 e. The zero-order valence-electron chi connectivity index (χ0n) is 9.06. The van der Waals surface area contributed by atoms with Crippen molar-refractivity contribution in [3.63, 3.8) is 0 Å². The van der Waals surface area contributed by atoms with E-state index in [-0.39, 0.29) is 0 Å². The number of hydrogen-bond donors (Lipinski definition) is 0. The molecule has 0 spiro atoms. The van der Waals surface area contributed by atoms with Crippen LogP contribution in [0.15, 0.2) is 0 Å². The number of rotatable bonds is 4. The summed E-state index contributed by atoms with van der Waals surface area (Å²) in [7, 11) is 1.79. The second-order valence-corrected chi connectivity index (χ2v) is 4.67. The summed E-state index contributed by atoms with van der Waals surface area (Å²) in [5.74, 6) is 2.84. The average molecular weight is 229 g/mol. The molecule has 1 aliphatic rings. The number of nitrogens with zero attached hydrogens (tertiary/aromatic N) is 4. The van der Waals surface area contributed by atoms with Gasteiger partial charge in [0.2, 0.25) is 0 Å². The van der Waals surface area contributed by atoms with Crippen molar-refractivity contribution in [1.29, 1.82) is 0 Å². The molecule has 0 aliphatic heterocycles. The third kappa shape index (κ3) is 2.68. The van der Waals surface area contributed by atoms with Gasteiger partial charge in [-0.2, -0.15) is 4.80 Å². The Balaban J connectivity index is 1.95. The van der Waals surface area contributed by atoms with Crippen LogP contribution in [-0.4, -0.2) is 26.1 Å². The summed E-state index contributed by atoms with van der Waals surface area (Å²) in [5, 5.41) is 12.1. The molecule has 0 saturated heterocycles. The molecule has 1 saturated carbocycles. The lowest BCUT2D eigenvalue weighted by atomic mass is 9.89. The normalized spacial score (nSPS) is 19.6. The minimum atomic E-state index is 0.526. The molecule has 0 bridgehead atoms. The Morgan fingerprint density at radius 1 is 1.47 bits per heavy atom. The molecule has 1 aromatic rings. The lowest BCUT2D eigenvalue weighted by Crippen LogP contribution is -2.17. The van der Waals surface area contributed by atoms with E-state index in [0.717, 1.165) is 18.2 Å². The second kappa shape index (κ2) is 4.92. The molecule has 0 N–H and O–H groups in total. The van der Waals surface area contributed by atoms with Crippen LogP contribution in [0.2, 0.25) is 0 Å². The molecule has 1 fully saturated rings. The van der Waals surface area contributed by atoms with E-state index in [2.05, 4.69) is 15.4 Å². The van der Waals surface area contributed by atoms with E-state index < -0.39 is 0 Å². The van der Waals surface area contributed by atoms with Crippen LogP contribution in [0.1, 0.15) is 31.5 Å². The van der Waals surface area contributed by atoms with E-state index >= 15 is 0 Å². The third-order valence-corrected chi connectivity index (χ3v) is 3.66. The van der Waals surface area contributed by atoms with E-state index in [1.165, 1.54) is 30.5 Å². The van der Waals surface area contributed by atoms with Gasteiger partial charge in [-0.1, -0.05) is 25.7 Å². The summed E-state index contributed by atoms with van der Waals surface area (Å²) in [6, 6.07) is 0. The van der Waals surface area contributed by atoms with Crippen LogP contribution in [-0.2, 0) is 13.5 Å². The predicted octanol–water partition coefficient (Wildman–Crippen LogP) is 1.80. The van der Waals surface area contributed by atoms with Crippen molar-refractivity contribution in [1.82, 2.24) is 20.2 Å². The van der Waals surface area contributed by atoms with Gasteiger partial charge >= 0.3 is 0 Å². The van der Waals surface area contributed by atoms with Crippen molar-refractivity contribution in [2.45, 2.75) is 32.1 Å². The Morgan fingerprint density at radius 2 is 2.20 bits per heavy atom. The van der Waals surface area contributed by atoms with E-state index in [1.807, 2.05) is 0 Å². The van der Waals surface area contributed by atoms with Crippen LogP contribution in [0.5, 0.6) is 0 Å². The average Bonchev–Trinajstić information content (AvgIpc) is 2.85. The minimum Gasteiger partial charge on any atom is -0.167 e. The third-order valence-electron chi connectivity index (χ3n) is 3.26. The SMILES string of the molecule is Cn1nnc(CC(CCl)C2CCCC2)n1. The van der Waals surface area contributed by atoms with E-state index in [0.29, 0.717) is 11.8 Å². The molecule has 0 radical (unpaired) electrons. The van der Waals surface area contributed by atoms with Gasteiger partial charge in [-0.15, -0.1) is 21.8 Å². The van der Waals surface area contributed by atoms with Crippen LogP contribution in [0, 0.1) is 11.8 Å². The fourth-order valence-electron chi connectivity index (χ4n) is 2.42. The van der Waals surface area contributed by atoms with Crippen molar-refractivity contribution >= 4 is 11.6 Å². The molecule has 1 atom stereocenters. The van der Waals surface area contributed by atoms with E-state index in [1.54, 1.807) is 7.05 Å². The molecule has 5 heteroatoms. The summed E-state index contributed by atoms with van der Waals surface area (Å²) in [6.45, 7) is 0. The monoisotopic (exact) mass is 228 g/mol. The Kier molecular flexibility index (Phi) is 3.57. The zero-order chi connectivity index (χ0) is 10.7. The van der Waals surface area contributed by atoms with Gasteiger partial charge in [0.05, 0.1) is 7.05 Å². The van der Waals surface area contributed by atoms with Gasteiger partial charge in [-0.3, -0.25) is 0 Å². The molecule has 1 aromatic heterocycles. The molecule has 0 amide bonds. The maximum Gasteiger partial charge on any atom is 0.175 e. The standard InChI is InChI=1S/C10H17ClN4/c1-15-13-10(12-14-15)6-9(7-11)8-4-2-3-5-8/h8-9H,2-7H2,1H3. The highest BCUT2D eigenvalue weighted by Gasteiger charge is 2.25. The highest BCUT2D eigenvalue weighted by molar-refractivity contribution is 6.18. The first-order valence-corrected chi connectivity index (χ1v) is 6.12. The van der Waals surface area contributed by atoms with Crippen LogP contribution >= 0.6 is 11.6 Å². The van der Waals surface area contributed by atoms with E-state index in [9.17, 15) is 0 Å². The largest absolute Gasteiger partial charge is 0.175 e. The fraction of sp³-hybridized carbons (Fsp3) is 0.900. The van der Waals surface area contributed by atoms with E-state index in [4.69, 9.17) is 11.6 Å². The van der Waals surface area contributed by atoms with Crippen molar-refractivity contribution in [3.05, 3.63) is 5.82 Å². The number of hydrogen-bond acceptors (Lipinski definition) is 3. The fourth-order valence-corrected chi connectivity index (χ4v) is 2.78. The molecule has 1 aliphatic carbocycles. The second-order valence-electron chi connectivity index (χ2n) is 4.36. The summed E-state index contributed by atoms with van der Waals surface area (Å²) >= 11 is 6.02. The van der Waals surface area contributed by atoms with Gasteiger partial charge in [0.25, 0.3) is 0 Å². The van der Waals surface area contributed by atoms with Gasteiger partial charge in [0.15, 0.2) is 5.82 Å². The first-order chi connectivity index (χ1) is 7.29. The van der Waals surface area contributed by atoms with Crippen LogP contribution in [0.3, 0.4) is 0 Å². The Hall–Kier alpha value is -0.640. The Morgan fingerprint density at radius 3 is 2.73 bits per heavy atom. The first-order valence-electron chi connectivity index (χ1n) is 5.58. The van der Waals surface area contributed by atoms with Gasteiger partial charge in [-0.05, 0) is 17.0 Å². The number of tetrazole rings is 1. The van der Waals surface area contributed by atoms with Gasteiger partial charge < -0.3 is 0 Å². The van der Waals surface area contributed by atoms with Gasteiger partial charge in [-0.25, -0.2) is 0 Å². The Bertz CT molecular complexity index is 306. The van der Waals surface area contributed by atoms with Crippen molar-refractivity contribution in [2.24, 2.45) is 18.9 Å². The van der Waals surface area contributed by atoms with Crippen molar-refractivity contribution in [2.75, 3.05) is 5.88 Å².